The van der Waals surface area contributed by atoms with E-state index in [1.54, 1.807) is 7.05 Å². The summed E-state index contributed by atoms with van der Waals surface area (Å²) in [7, 11) is 1.54. The summed E-state index contributed by atoms with van der Waals surface area (Å²) in [5, 5.41) is 11.9. The third-order valence-electron chi connectivity index (χ3n) is 3.45. The second-order valence-corrected chi connectivity index (χ2v) is 5.00. The summed E-state index contributed by atoms with van der Waals surface area (Å²) in [6.07, 6.45) is 2.11. The summed E-state index contributed by atoms with van der Waals surface area (Å²) in [4.78, 5) is 31.7. The van der Waals surface area contributed by atoms with Crippen LogP contribution in [0.25, 0.3) is 11.2 Å². The summed E-state index contributed by atoms with van der Waals surface area (Å²) >= 11 is 0. The molecule has 2 heterocycles. The molecule has 3 aromatic rings. The highest BCUT2D eigenvalue weighted by atomic mass is 16.5. The van der Waals surface area contributed by atoms with Crippen molar-refractivity contribution in [2.24, 2.45) is 7.05 Å². The summed E-state index contributed by atoms with van der Waals surface area (Å²) < 4.78 is 6.48. The van der Waals surface area contributed by atoms with Gasteiger partial charge in [-0.15, -0.1) is 0 Å². The fourth-order valence-electron chi connectivity index (χ4n) is 2.37. The Morgan fingerprint density at radius 2 is 1.92 bits per heavy atom. The van der Waals surface area contributed by atoms with Gasteiger partial charge in [-0.25, -0.2) is 19.6 Å². The van der Waals surface area contributed by atoms with E-state index in [9.17, 15) is 14.7 Å². The summed E-state index contributed by atoms with van der Waals surface area (Å²) in [5.74, 6) is -1.20. The molecule has 3 rings (SSSR count). The van der Waals surface area contributed by atoms with E-state index in [2.05, 4.69) is 15.3 Å². The van der Waals surface area contributed by atoms with Crippen molar-refractivity contribution in [3.05, 3.63) is 54.0 Å². The van der Waals surface area contributed by atoms with Crippen molar-refractivity contribution in [3.63, 3.8) is 0 Å². The van der Waals surface area contributed by atoms with Crippen LogP contribution in [0.5, 0.6) is 0 Å². The maximum absolute atomic E-state index is 12.0. The Balaban J connectivity index is 1.85. The van der Waals surface area contributed by atoms with Crippen molar-refractivity contribution in [2.45, 2.75) is 6.61 Å². The average molecular weight is 326 g/mol. The van der Waals surface area contributed by atoms with E-state index >= 15 is 0 Å². The Bertz CT molecular complexity index is 905. The summed E-state index contributed by atoms with van der Waals surface area (Å²) in [6.45, 7) is 0.0749. The first kappa shape index (κ1) is 15.5. The van der Waals surface area contributed by atoms with Crippen LogP contribution in [0.3, 0.4) is 0 Å². The Morgan fingerprint density at radius 3 is 2.62 bits per heavy atom. The van der Waals surface area contributed by atoms with Gasteiger partial charge >= 0.3 is 12.1 Å². The van der Waals surface area contributed by atoms with Gasteiger partial charge in [0.15, 0.2) is 11.3 Å². The second kappa shape index (κ2) is 6.37. The number of fused-ring (bicyclic) bond motifs is 1. The van der Waals surface area contributed by atoms with Crippen molar-refractivity contribution in [1.29, 1.82) is 0 Å². The number of aromatic carboxylic acids is 1. The second-order valence-electron chi connectivity index (χ2n) is 5.00. The number of carbonyl (C=O) groups excluding carboxylic acids is 1. The number of hydrogen-bond donors (Lipinski definition) is 2. The third-order valence-corrected chi connectivity index (χ3v) is 3.45. The number of aryl methyl sites for hydroxylation is 1. The van der Waals surface area contributed by atoms with Crippen LogP contribution in [0.4, 0.5) is 10.5 Å². The van der Waals surface area contributed by atoms with Gasteiger partial charge < -0.3 is 14.4 Å². The number of rotatable bonds is 4. The van der Waals surface area contributed by atoms with E-state index in [1.165, 1.54) is 17.0 Å². The van der Waals surface area contributed by atoms with Crippen LogP contribution in [-0.2, 0) is 18.4 Å². The first-order valence-electron chi connectivity index (χ1n) is 7.08. The zero-order valence-corrected chi connectivity index (χ0v) is 12.8. The molecule has 2 aromatic heterocycles. The fraction of sp³-hybridized carbons (Fsp3) is 0.125. The molecule has 0 saturated carbocycles. The first-order valence-corrected chi connectivity index (χ1v) is 7.08. The van der Waals surface area contributed by atoms with E-state index in [0.29, 0.717) is 5.65 Å². The number of anilines is 1. The fourth-order valence-corrected chi connectivity index (χ4v) is 2.37. The molecule has 0 radical (unpaired) electrons. The predicted octanol–water partition coefficient (Wildman–Crippen LogP) is 2.42. The molecule has 0 saturated heterocycles. The highest BCUT2D eigenvalue weighted by molar-refractivity contribution is 6.07. The van der Waals surface area contributed by atoms with Gasteiger partial charge in [0.2, 0.25) is 0 Å². The van der Waals surface area contributed by atoms with Gasteiger partial charge in [0.1, 0.15) is 17.8 Å². The minimum atomic E-state index is -1.20. The van der Waals surface area contributed by atoms with Crippen LogP contribution in [0, 0.1) is 0 Å². The zero-order valence-electron chi connectivity index (χ0n) is 12.8. The monoisotopic (exact) mass is 326 g/mol. The number of benzene rings is 1. The Hall–Kier alpha value is -3.42. The van der Waals surface area contributed by atoms with Crippen LogP contribution >= 0.6 is 0 Å². The minimum absolute atomic E-state index is 0.0613. The van der Waals surface area contributed by atoms with E-state index in [-0.39, 0.29) is 23.5 Å². The lowest BCUT2D eigenvalue weighted by molar-refractivity contribution is 0.0688. The maximum atomic E-state index is 12.0. The van der Waals surface area contributed by atoms with Gasteiger partial charge in [-0.1, -0.05) is 30.3 Å². The molecule has 0 fully saturated rings. The minimum Gasteiger partial charge on any atom is -0.477 e. The van der Waals surface area contributed by atoms with Gasteiger partial charge in [-0.3, -0.25) is 5.32 Å². The van der Waals surface area contributed by atoms with Crippen molar-refractivity contribution in [2.75, 3.05) is 5.32 Å². The Morgan fingerprint density at radius 1 is 1.21 bits per heavy atom. The highest BCUT2D eigenvalue weighted by Crippen LogP contribution is 2.27. The van der Waals surface area contributed by atoms with Gasteiger partial charge in [0, 0.05) is 19.4 Å². The number of hydrogen-bond acceptors (Lipinski definition) is 5. The Labute approximate surface area is 136 Å². The molecule has 0 unspecified atom stereocenters. The molecule has 122 valence electrons. The van der Waals surface area contributed by atoms with Crippen LogP contribution in [0.2, 0.25) is 0 Å². The molecular weight excluding hydrogens is 312 g/mol. The molecule has 8 heteroatoms. The van der Waals surface area contributed by atoms with E-state index in [4.69, 9.17) is 4.74 Å². The Kier molecular flexibility index (Phi) is 4.11. The third kappa shape index (κ3) is 2.89. The molecular formula is C16H14N4O4. The molecule has 0 aliphatic heterocycles. The van der Waals surface area contributed by atoms with Gasteiger partial charge in [0.25, 0.3) is 0 Å². The van der Waals surface area contributed by atoms with Gasteiger partial charge in [-0.05, 0) is 5.56 Å². The van der Waals surface area contributed by atoms with E-state index in [1.807, 2.05) is 30.3 Å². The lowest BCUT2D eigenvalue weighted by Gasteiger charge is -2.07. The first-order chi connectivity index (χ1) is 11.6. The standard InChI is InChI=1S/C16H14N4O4/c1-20-13(15(21)22)11(12-14(20)18-8-7-17-12)19-16(23)24-9-10-5-3-2-4-6-10/h2-8H,9H2,1H3,(H,19,23)(H,21,22). The lowest BCUT2D eigenvalue weighted by Crippen LogP contribution is -2.16. The maximum Gasteiger partial charge on any atom is 0.412 e. The van der Waals surface area contributed by atoms with Crippen LogP contribution in [-0.4, -0.2) is 31.7 Å². The number of aromatic nitrogens is 3. The quantitative estimate of drug-likeness (QED) is 0.762. The molecule has 0 aliphatic carbocycles. The molecule has 0 aliphatic rings. The van der Waals surface area contributed by atoms with Crippen molar-refractivity contribution in [1.82, 2.24) is 14.5 Å². The van der Waals surface area contributed by atoms with Crippen LogP contribution in [0.1, 0.15) is 16.1 Å². The largest absolute Gasteiger partial charge is 0.477 e. The number of nitrogens with one attached hydrogen (secondary N) is 1. The van der Waals surface area contributed by atoms with Crippen LogP contribution in [0.15, 0.2) is 42.7 Å². The number of carboxylic acids is 1. The van der Waals surface area contributed by atoms with Crippen molar-refractivity contribution in [3.8, 4) is 0 Å². The number of amides is 1. The number of carboxylic acid groups (broad SMARTS) is 1. The molecule has 0 bridgehead atoms. The smallest absolute Gasteiger partial charge is 0.412 e. The lowest BCUT2D eigenvalue weighted by atomic mass is 10.2. The number of nitrogens with zero attached hydrogens (tertiary/aromatic N) is 3. The molecule has 0 spiro atoms. The molecule has 2 N–H and O–H groups in total. The summed E-state index contributed by atoms with van der Waals surface area (Å²) in [5.41, 5.74) is 1.41. The molecule has 1 amide bonds. The molecule has 1 aromatic carbocycles. The summed E-state index contributed by atoms with van der Waals surface area (Å²) in [6, 6.07) is 9.16. The SMILES string of the molecule is Cn1c(C(=O)O)c(NC(=O)OCc2ccccc2)c2nccnc21. The van der Waals surface area contributed by atoms with Gasteiger partial charge in [0.05, 0.1) is 0 Å². The predicted molar refractivity (Wildman–Crippen MR) is 85.7 cm³/mol. The van der Waals surface area contributed by atoms with Crippen molar-refractivity contribution < 1.29 is 19.4 Å². The topological polar surface area (TPSA) is 106 Å². The normalized spacial score (nSPS) is 10.5. The molecule has 8 nitrogen and oxygen atoms in total. The highest BCUT2D eigenvalue weighted by Gasteiger charge is 2.24. The van der Waals surface area contributed by atoms with Gasteiger partial charge in [-0.2, -0.15) is 0 Å². The number of ether oxygens (including phenoxy) is 1. The van der Waals surface area contributed by atoms with Crippen LogP contribution < -0.4 is 5.32 Å². The number of carbonyl (C=O) groups is 2. The zero-order chi connectivity index (χ0) is 17.1. The molecule has 0 atom stereocenters. The van der Waals surface area contributed by atoms with Crippen molar-refractivity contribution >= 4 is 28.9 Å². The van der Waals surface area contributed by atoms with E-state index < -0.39 is 12.1 Å². The van der Waals surface area contributed by atoms with E-state index in [0.717, 1.165) is 5.56 Å². The average Bonchev–Trinajstić information content (AvgIpc) is 2.87. The molecule has 24 heavy (non-hydrogen) atoms.